The van der Waals surface area contributed by atoms with E-state index in [4.69, 9.17) is 15.2 Å². The molecule has 1 unspecified atom stereocenters. The molecule has 0 aliphatic carbocycles. The van der Waals surface area contributed by atoms with Crippen LogP contribution in [0.1, 0.15) is 38.7 Å². The van der Waals surface area contributed by atoms with E-state index in [1.165, 1.54) is 5.56 Å². The maximum atomic E-state index is 6.03. The first-order chi connectivity index (χ1) is 7.46. The van der Waals surface area contributed by atoms with Gasteiger partial charge in [-0.05, 0) is 43.9 Å². The number of nitrogens with two attached hydrogens (primary N) is 1. The third kappa shape index (κ3) is 2.47. The average molecular weight is 221 g/mol. The fraction of sp³-hybridized carbons (Fsp3) is 0.538. The highest BCUT2D eigenvalue weighted by atomic mass is 16.7. The predicted molar refractivity (Wildman–Crippen MR) is 63.9 cm³/mol. The minimum Gasteiger partial charge on any atom is -0.454 e. The fourth-order valence-corrected chi connectivity index (χ4v) is 2.13. The molecule has 0 aromatic heterocycles. The molecule has 3 nitrogen and oxygen atoms in total. The van der Waals surface area contributed by atoms with Gasteiger partial charge < -0.3 is 15.2 Å². The zero-order valence-corrected chi connectivity index (χ0v) is 10.1. The van der Waals surface area contributed by atoms with Crippen LogP contribution < -0.4 is 15.2 Å². The summed E-state index contributed by atoms with van der Waals surface area (Å²) >= 11 is 0. The van der Waals surface area contributed by atoms with Crippen molar-refractivity contribution in [2.45, 2.75) is 38.6 Å². The molecule has 0 bridgehead atoms. The molecule has 1 aliphatic rings. The highest BCUT2D eigenvalue weighted by Gasteiger charge is 2.20. The lowest BCUT2D eigenvalue weighted by atomic mass is 9.88. The summed E-state index contributed by atoms with van der Waals surface area (Å²) in [5.74, 6) is 2.11. The number of benzene rings is 1. The summed E-state index contributed by atoms with van der Waals surface area (Å²) in [7, 11) is 0. The molecule has 0 spiro atoms. The van der Waals surface area contributed by atoms with Crippen molar-refractivity contribution in [2.75, 3.05) is 6.79 Å². The first kappa shape index (κ1) is 11.3. The van der Waals surface area contributed by atoms with Gasteiger partial charge in [0.2, 0.25) is 6.79 Å². The van der Waals surface area contributed by atoms with Gasteiger partial charge >= 0.3 is 0 Å². The molecule has 2 rings (SSSR count). The molecule has 1 aromatic rings. The van der Waals surface area contributed by atoms with Crippen molar-refractivity contribution < 1.29 is 9.47 Å². The molecule has 3 heteroatoms. The summed E-state index contributed by atoms with van der Waals surface area (Å²) in [5, 5.41) is 0. The van der Waals surface area contributed by atoms with Crippen LogP contribution in [0.15, 0.2) is 18.2 Å². The molecule has 0 saturated carbocycles. The van der Waals surface area contributed by atoms with Gasteiger partial charge in [-0.25, -0.2) is 0 Å². The number of hydrogen-bond acceptors (Lipinski definition) is 3. The maximum absolute atomic E-state index is 6.03. The van der Waals surface area contributed by atoms with Gasteiger partial charge in [0.25, 0.3) is 0 Å². The Balaban J connectivity index is 2.15. The van der Waals surface area contributed by atoms with Gasteiger partial charge in [-0.1, -0.05) is 13.0 Å². The van der Waals surface area contributed by atoms with Crippen LogP contribution in [0.4, 0.5) is 0 Å². The molecule has 88 valence electrons. The number of ether oxygens (including phenoxy) is 2. The normalized spacial score (nSPS) is 16.2. The zero-order valence-electron chi connectivity index (χ0n) is 10.1. The van der Waals surface area contributed by atoms with Crippen LogP contribution in [0.25, 0.3) is 0 Å². The third-order valence-corrected chi connectivity index (χ3v) is 2.80. The smallest absolute Gasteiger partial charge is 0.231 e. The lowest BCUT2D eigenvalue weighted by Crippen LogP contribution is -2.33. The minimum atomic E-state index is -0.143. The monoisotopic (exact) mass is 221 g/mol. The largest absolute Gasteiger partial charge is 0.454 e. The van der Waals surface area contributed by atoms with Gasteiger partial charge in [-0.3, -0.25) is 0 Å². The zero-order chi connectivity index (χ0) is 11.8. The van der Waals surface area contributed by atoms with Gasteiger partial charge in [0.15, 0.2) is 11.5 Å². The van der Waals surface area contributed by atoms with E-state index in [9.17, 15) is 0 Å². The fourth-order valence-electron chi connectivity index (χ4n) is 2.13. The summed E-state index contributed by atoms with van der Waals surface area (Å²) in [6.07, 6.45) is 0.951. The molecule has 1 aliphatic heterocycles. The Morgan fingerprint density at radius 3 is 2.69 bits per heavy atom. The van der Waals surface area contributed by atoms with E-state index in [-0.39, 0.29) is 5.54 Å². The Kier molecular flexibility index (Phi) is 2.80. The Morgan fingerprint density at radius 2 is 2.00 bits per heavy atom. The SMILES string of the molecule is CC(CC(C)(C)N)c1ccc2c(c1)OCO2. The van der Waals surface area contributed by atoms with E-state index in [2.05, 4.69) is 32.9 Å². The molecule has 0 fully saturated rings. The number of hydrogen-bond donors (Lipinski definition) is 1. The molecule has 2 N–H and O–H groups in total. The Morgan fingerprint density at radius 1 is 1.31 bits per heavy atom. The van der Waals surface area contributed by atoms with Crippen LogP contribution in [-0.4, -0.2) is 12.3 Å². The van der Waals surface area contributed by atoms with E-state index in [0.717, 1.165) is 17.9 Å². The minimum absolute atomic E-state index is 0.143. The third-order valence-electron chi connectivity index (χ3n) is 2.80. The topological polar surface area (TPSA) is 44.5 Å². The Hall–Kier alpha value is -1.22. The van der Waals surface area contributed by atoms with Crippen molar-refractivity contribution in [3.8, 4) is 11.5 Å². The number of fused-ring (bicyclic) bond motifs is 1. The predicted octanol–water partition coefficient (Wildman–Crippen LogP) is 2.65. The summed E-state index contributed by atoms with van der Waals surface area (Å²) in [6.45, 7) is 6.62. The van der Waals surface area contributed by atoms with Gasteiger partial charge in [0.1, 0.15) is 0 Å². The van der Waals surface area contributed by atoms with Crippen LogP contribution >= 0.6 is 0 Å². The van der Waals surface area contributed by atoms with Crippen LogP contribution in [0.3, 0.4) is 0 Å². The quantitative estimate of drug-likeness (QED) is 0.853. The second-order valence-corrected chi connectivity index (χ2v) is 5.21. The van der Waals surface area contributed by atoms with Crippen LogP contribution in [0.2, 0.25) is 0 Å². The lowest BCUT2D eigenvalue weighted by Gasteiger charge is -2.23. The Bertz CT molecular complexity index is 382. The average Bonchev–Trinajstić information content (AvgIpc) is 2.61. The van der Waals surface area contributed by atoms with Gasteiger partial charge in [0.05, 0.1) is 0 Å². The van der Waals surface area contributed by atoms with E-state index in [1.54, 1.807) is 0 Å². The van der Waals surface area contributed by atoms with E-state index in [1.807, 2.05) is 6.07 Å². The molecule has 16 heavy (non-hydrogen) atoms. The second kappa shape index (κ2) is 3.98. The van der Waals surface area contributed by atoms with E-state index in [0.29, 0.717) is 12.7 Å². The van der Waals surface area contributed by atoms with Crippen LogP contribution in [-0.2, 0) is 0 Å². The first-order valence-electron chi connectivity index (χ1n) is 5.64. The molecule has 0 saturated heterocycles. The highest BCUT2D eigenvalue weighted by Crippen LogP contribution is 2.36. The summed E-state index contributed by atoms with van der Waals surface area (Å²) in [5.41, 5.74) is 7.14. The highest BCUT2D eigenvalue weighted by molar-refractivity contribution is 5.45. The lowest BCUT2D eigenvalue weighted by molar-refractivity contribution is 0.174. The maximum Gasteiger partial charge on any atom is 0.231 e. The number of rotatable bonds is 3. The molecule has 0 amide bonds. The van der Waals surface area contributed by atoms with Crippen molar-refractivity contribution in [1.29, 1.82) is 0 Å². The van der Waals surface area contributed by atoms with Crippen molar-refractivity contribution in [2.24, 2.45) is 5.73 Å². The molecule has 0 radical (unpaired) electrons. The van der Waals surface area contributed by atoms with E-state index >= 15 is 0 Å². The molecule has 1 heterocycles. The molecular weight excluding hydrogens is 202 g/mol. The van der Waals surface area contributed by atoms with Crippen molar-refractivity contribution in [3.05, 3.63) is 23.8 Å². The standard InChI is InChI=1S/C13H19NO2/c1-9(7-13(2,3)14)10-4-5-11-12(6-10)16-8-15-11/h4-6,9H,7-8,14H2,1-3H3. The van der Waals surface area contributed by atoms with Crippen LogP contribution in [0, 0.1) is 0 Å². The molecular formula is C13H19NO2. The first-order valence-corrected chi connectivity index (χ1v) is 5.64. The van der Waals surface area contributed by atoms with E-state index < -0.39 is 0 Å². The van der Waals surface area contributed by atoms with Crippen molar-refractivity contribution >= 4 is 0 Å². The summed E-state index contributed by atoms with van der Waals surface area (Å²) in [6, 6.07) is 6.11. The molecule has 1 atom stereocenters. The van der Waals surface area contributed by atoms with Gasteiger partial charge in [0, 0.05) is 5.54 Å². The van der Waals surface area contributed by atoms with Crippen molar-refractivity contribution in [3.63, 3.8) is 0 Å². The van der Waals surface area contributed by atoms with Gasteiger partial charge in [-0.2, -0.15) is 0 Å². The van der Waals surface area contributed by atoms with Crippen LogP contribution in [0.5, 0.6) is 11.5 Å². The second-order valence-electron chi connectivity index (χ2n) is 5.21. The summed E-state index contributed by atoms with van der Waals surface area (Å²) < 4.78 is 10.7. The Labute approximate surface area is 96.5 Å². The summed E-state index contributed by atoms with van der Waals surface area (Å²) in [4.78, 5) is 0. The van der Waals surface area contributed by atoms with Gasteiger partial charge in [-0.15, -0.1) is 0 Å². The molecule has 1 aromatic carbocycles. The van der Waals surface area contributed by atoms with Crippen molar-refractivity contribution in [1.82, 2.24) is 0 Å².